The van der Waals surface area contributed by atoms with Gasteiger partial charge in [-0.3, -0.25) is 14.8 Å². The predicted molar refractivity (Wildman–Crippen MR) is 125 cm³/mol. The summed E-state index contributed by atoms with van der Waals surface area (Å²) in [4.78, 5) is 21.2. The van der Waals surface area contributed by atoms with Gasteiger partial charge in [0.05, 0.1) is 11.3 Å². The van der Waals surface area contributed by atoms with Crippen LogP contribution >= 0.6 is 0 Å². The van der Waals surface area contributed by atoms with Crippen molar-refractivity contribution in [2.45, 2.75) is 57.5 Å². The van der Waals surface area contributed by atoms with E-state index in [0.717, 1.165) is 48.5 Å². The fourth-order valence-electron chi connectivity index (χ4n) is 4.13. The highest BCUT2D eigenvalue weighted by atomic mass is 19.4. The molecule has 0 aliphatic heterocycles. The van der Waals surface area contributed by atoms with Crippen molar-refractivity contribution in [1.82, 2.24) is 20.1 Å². The predicted octanol–water partition coefficient (Wildman–Crippen LogP) is 4.68. The molecule has 0 aromatic carbocycles. The van der Waals surface area contributed by atoms with E-state index in [4.69, 9.17) is 5.73 Å². The van der Waals surface area contributed by atoms with E-state index in [1.807, 2.05) is 12.1 Å². The minimum atomic E-state index is -4.83. The molecule has 182 valence electrons. The largest absolute Gasteiger partial charge is 0.435 e. The summed E-state index contributed by atoms with van der Waals surface area (Å²) in [5, 5.41) is 6.29. The lowest BCUT2D eigenvalue weighted by molar-refractivity contribution is -0.141. The van der Waals surface area contributed by atoms with Gasteiger partial charge in [-0.15, -0.1) is 0 Å². The molecule has 0 saturated heterocycles. The summed E-state index contributed by atoms with van der Waals surface area (Å²) in [5.41, 5.74) is 5.56. The van der Waals surface area contributed by atoms with Crippen LogP contribution in [0.15, 0.2) is 53.6 Å². The molecule has 0 unspecified atom stereocenters. The Morgan fingerprint density at radius 1 is 1.32 bits per heavy atom. The number of alkyl halides is 3. The van der Waals surface area contributed by atoms with E-state index < -0.39 is 23.3 Å². The molecule has 0 bridgehead atoms. The van der Waals surface area contributed by atoms with Crippen molar-refractivity contribution < 1.29 is 18.0 Å². The Bertz CT molecular complexity index is 1100. The number of rotatable bonds is 7. The Hall–Kier alpha value is -3.43. The van der Waals surface area contributed by atoms with Gasteiger partial charge in [0.25, 0.3) is 5.91 Å². The Kier molecular flexibility index (Phi) is 7.58. The van der Waals surface area contributed by atoms with Crippen molar-refractivity contribution in [3.63, 3.8) is 0 Å². The fourth-order valence-corrected chi connectivity index (χ4v) is 4.13. The molecule has 2 aromatic rings. The number of carbonyl (C=O) groups excluding carboxylic acids is 1. The van der Waals surface area contributed by atoms with Crippen LogP contribution in [0.25, 0.3) is 5.82 Å². The van der Waals surface area contributed by atoms with Crippen LogP contribution < -0.4 is 11.1 Å². The van der Waals surface area contributed by atoms with Gasteiger partial charge in [0.15, 0.2) is 5.69 Å². The molecule has 3 rings (SSSR count). The van der Waals surface area contributed by atoms with Crippen molar-refractivity contribution in [3.8, 4) is 0 Å². The number of nitrogens with zero attached hydrogens (tertiary/aromatic N) is 4. The van der Waals surface area contributed by atoms with Gasteiger partial charge >= 0.3 is 6.18 Å². The van der Waals surface area contributed by atoms with Crippen LogP contribution in [0.1, 0.15) is 67.6 Å². The van der Waals surface area contributed by atoms with Gasteiger partial charge in [-0.2, -0.15) is 18.3 Å². The second kappa shape index (κ2) is 10.2. The van der Waals surface area contributed by atoms with Crippen molar-refractivity contribution >= 4 is 17.9 Å². The van der Waals surface area contributed by atoms with Crippen molar-refractivity contribution in [2.24, 2.45) is 10.7 Å². The SMILES string of the molecule is C=C(C)/C=N\C(C)=C(/N)n1cc(C(=O)NCC2(c3cccnc3)CCCCC2)c(C(F)(F)F)n1. The third-order valence-electron chi connectivity index (χ3n) is 6.00. The van der Waals surface area contributed by atoms with Gasteiger partial charge in [0, 0.05) is 36.8 Å². The lowest BCUT2D eigenvalue weighted by Crippen LogP contribution is -2.42. The number of halogens is 3. The van der Waals surface area contributed by atoms with Gasteiger partial charge in [-0.1, -0.05) is 31.9 Å². The van der Waals surface area contributed by atoms with Gasteiger partial charge in [-0.05, 0) is 43.9 Å². The van der Waals surface area contributed by atoms with Crippen LogP contribution in [-0.2, 0) is 11.6 Å². The Morgan fingerprint density at radius 3 is 2.62 bits per heavy atom. The van der Waals surface area contributed by atoms with E-state index in [1.54, 1.807) is 19.3 Å². The van der Waals surface area contributed by atoms with Gasteiger partial charge in [0.2, 0.25) is 0 Å². The van der Waals surface area contributed by atoms with Gasteiger partial charge in [-0.25, -0.2) is 4.68 Å². The summed E-state index contributed by atoms with van der Waals surface area (Å²) in [6, 6.07) is 3.77. The smallest absolute Gasteiger partial charge is 0.382 e. The fraction of sp³-hybridized carbons (Fsp3) is 0.417. The summed E-state index contributed by atoms with van der Waals surface area (Å²) >= 11 is 0. The summed E-state index contributed by atoms with van der Waals surface area (Å²) < 4.78 is 42.0. The molecule has 10 heteroatoms. The minimum Gasteiger partial charge on any atom is -0.382 e. The molecule has 34 heavy (non-hydrogen) atoms. The van der Waals surface area contributed by atoms with E-state index in [9.17, 15) is 18.0 Å². The zero-order chi connectivity index (χ0) is 24.9. The van der Waals surface area contributed by atoms with E-state index in [0.29, 0.717) is 5.57 Å². The number of nitrogens with two attached hydrogens (primary N) is 1. The topological polar surface area (TPSA) is 98.2 Å². The van der Waals surface area contributed by atoms with Crippen molar-refractivity contribution in [1.29, 1.82) is 0 Å². The molecule has 0 radical (unpaired) electrons. The molecule has 1 amide bonds. The number of aromatic nitrogens is 3. The molecule has 1 aliphatic rings. The number of carbonyl (C=O) groups is 1. The van der Waals surface area contributed by atoms with Crippen LogP contribution in [-0.4, -0.2) is 33.4 Å². The third kappa shape index (κ3) is 5.73. The van der Waals surface area contributed by atoms with Crippen molar-refractivity contribution in [2.75, 3.05) is 6.54 Å². The molecule has 1 fully saturated rings. The van der Waals surface area contributed by atoms with E-state index in [2.05, 4.69) is 27.0 Å². The second-order valence-electron chi connectivity index (χ2n) is 8.67. The monoisotopic (exact) mass is 474 g/mol. The molecule has 7 nitrogen and oxygen atoms in total. The first-order chi connectivity index (χ1) is 16.0. The quantitative estimate of drug-likeness (QED) is 0.569. The third-order valence-corrected chi connectivity index (χ3v) is 6.00. The molecule has 1 aliphatic carbocycles. The maximum Gasteiger partial charge on any atom is 0.435 e. The number of pyridine rings is 1. The molecule has 2 heterocycles. The van der Waals surface area contributed by atoms with Crippen LogP contribution in [0.4, 0.5) is 13.2 Å². The summed E-state index contributed by atoms with van der Waals surface area (Å²) in [6.07, 6.45) is 5.69. The van der Waals surface area contributed by atoms with Gasteiger partial charge < -0.3 is 11.1 Å². The number of allylic oxidation sites excluding steroid dienone is 2. The second-order valence-corrected chi connectivity index (χ2v) is 8.67. The first-order valence-electron chi connectivity index (χ1n) is 11.1. The lowest BCUT2D eigenvalue weighted by atomic mass is 9.70. The van der Waals surface area contributed by atoms with E-state index >= 15 is 0 Å². The molecular formula is C24H29F3N6O. The van der Waals surface area contributed by atoms with Gasteiger partial charge in [0.1, 0.15) is 5.82 Å². The number of nitrogens with one attached hydrogen (secondary N) is 1. The van der Waals surface area contributed by atoms with Crippen LogP contribution in [0.5, 0.6) is 0 Å². The maximum atomic E-state index is 13.7. The standard InChI is InChI=1S/C24H29F3N6O/c1-16(2)12-30-17(3)21(28)33-14-19(20(32-33)24(25,26)27)22(34)31-15-23(9-5-4-6-10-23)18-8-7-11-29-13-18/h7-8,11-14H,1,4-6,9-10,15,28H2,2-3H3,(H,31,34)/b21-17+,30-12-. The molecular weight excluding hydrogens is 445 g/mol. The summed E-state index contributed by atoms with van der Waals surface area (Å²) in [5.74, 6) is -0.982. The molecule has 3 N–H and O–H groups in total. The van der Waals surface area contributed by atoms with Crippen LogP contribution in [0.2, 0.25) is 0 Å². The molecule has 0 spiro atoms. The lowest BCUT2D eigenvalue weighted by Gasteiger charge is -2.37. The zero-order valence-corrected chi connectivity index (χ0v) is 19.3. The number of amides is 1. The Labute approximate surface area is 196 Å². The zero-order valence-electron chi connectivity index (χ0n) is 19.3. The van der Waals surface area contributed by atoms with E-state index in [-0.39, 0.29) is 23.5 Å². The first kappa shape index (κ1) is 25.2. The van der Waals surface area contributed by atoms with E-state index in [1.165, 1.54) is 13.1 Å². The Morgan fingerprint density at radius 2 is 2.03 bits per heavy atom. The maximum absolute atomic E-state index is 13.7. The number of hydrogen-bond donors (Lipinski definition) is 2. The average molecular weight is 475 g/mol. The summed E-state index contributed by atoms with van der Waals surface area (Å²) in [6.45, 7) is 7.13. The highest BCUT2D eigenvalue weighted by Gasteiger charge is 2.40. The van der Waals surface area contributed by atoms with Crippen LogP contribution in [0.3, 0.4) is 0 Å². The average Bonchev–Trinajstić information content (AvgIpc) is 3.28. The molecule has 1 saturated carbocycles. The van der Waals surface area contributed by atoms with Crippen molar-refractivity contribution in [3.05, 3.63) is 65.4 Å². The normalized spacial score (nSPS) is 16.9. The molecule has 2 aromatic heterocycles. The number of aliphatic imine (C=N–C) groups is 1. The Balaban J connectivity index is 1.90. The molecule has 0 atom stereocenters. The number of hydrogen-bond acceptors (Lipinski definition) is 5. The first-order valence-corrected chi connectivity index (χ1v) is 11.1. The highest BCUT2D eigenvalue weighted by molar-refractivity contribution is 5.95. The summed E-state index contributed by atoms with van der Waals surface area (Å²) in [7, 11) is 0. The minimum absolute atomic E-state index is 0.124. The highest BCUT2D eigenvalue weighted by Crippen LogP contribution is 2.39. The van der Waals surface area contributed by atoms with Crippen LogP contribution in [0, 0.1) is 0 Å².